The van der Waals surface area contributed by atoms with Crippen LogP contribution in [0.4, 0.5) is 0 Å². The molecule has 0 aliphatic heterocycles. The van der Waals surface area contributed by atoms with Crippen LogP contribution in [0.3, 0.4) is 0 Å². The number of ether oxygens (including phenoxy) is 1. The zero-order valence-electron chi connectivity index (χ0n) is 10.8. The van der Waals surface area contributed by atoms with Gasteiger partial charge >= 0.3 is 14.5 Å². The lowest BCUT2D eigenvalue weighted by atomic mass is 10.2. The van der Waals surface area contributed by atoms with Crippen LogP contribution in [0, 0.1) is 0 Å². The molecule has 2 nitrogen and oxygen atoms in total. The first-order chi connectivity index (χ1) is 6.19. The average Bonchev–Trinajstić information content (AvgIpc) is 1.92. The van der Waals surface area contributed by atoms with Crippen molar-refractivity contribution in [3.05, 3.63) is 0 Å². The predicted molar refractivity (Wildman–Crippen MR) is 63.0 cm³/mol. The second kappa shape index (κ2) is 5.51. The molecule has 0 heterocycles. The van der Waals surface area contributed by atoms with Crippen molar-refractivity contribution in [1.82, 2.24) is 0 Å². The smallest absolute Gasteiger partial charge is 0.472 e. The molecule has 0 saturated heterocycles. The molecule has 0 unspecified atom stereocenters. The Morgan fingerprint density at radius 3 is 1.57 bits per heavy atom. The van der Waals surface area contributed by atoms with Crippen LogP contribution >= 0.6 is 0 Å². The van der Waals surface area contributed by atoms with E-state index >= 15 is 0 Å². The van der Waals surface area contributed by atoms with Crippen molar-refractivity contribution in [3.63, 3.8) is 0 Å². The molecule has 0 fully saturated rings. The van der Waals surface area contributed by atoms with E-state index in [1.807, 2.05) is 0 Å². The molecule has 0 amide bonds. The highest BCUT2D eigenvalue weighted by atomic mass is 27.2. The molecule has 0 atom stereocenters. The molecule has 0 aliphatic carbocycles. The lowest BCUT2D eigenvalue weighted by Crippen LogP contribution is -2.39. The molecule has 0 aliphatic rings. The maximum atomic E-state index is 6.03. The van der Waals surface area contributed by atoms with Gasteiger partial charge in [-0.25, -0.2) is 0 Å². The van der Waals surface area contributed by atoms with E-state index in [0.717, 1.165) is 6.61 Å². The normalized spacial score (nSPS) is 13.1. The standard InChI is InChI=1S/2C4H9.C3H7O2.Al/c2*1-4(2)3;1-5-3-2-4;/h2*1-3H3;2-3H2,1H3;/q;;-1;+1. The van der Waals surface area contributed by atoms with Crippen LogP contribution in [-0.4, -0.2) is 34.8 Å². The molecule has 0 aromatic carbocycles. The molecule has 0 bridgehead atoms. The highest BCUT2D eigenvalue weighted by Crippen LogP contribution is 2.42. The van der Waals surface area contributed by atoms with Gasteiger partial charge < -0.3 is 8.53 Å². The van der Waals surface area contributed by atoms with Crippen LogP contribution in [0.25, 0.3) is 0 Å². The highest BCUT2D eigenvalue weighted by Gasteiger charge is 2.44. The van der Waals surface area contributed by atoms with Gasteiger partial charge in [0, 0.05) is 13.7 Å². The van der Waals surface area contributed by atoms with E-state index < -0.39 is 14.5 Å². The van der Waals surface area contributed by atoms with E-state index in [1.54, 1.807) is 7.11 Å². The molecule has 0 spiro atoms. The number of hydrogen-bond donors (Lipinski definition) is 0. The van der Waals surface area contributed by atoms with Crippen molar-refractivity contribution in [2.75, 3.05) is 20.3 Å². The molecular formula is C11H25AlO2. The van der Waals surface area contributed by atoms with Crippen molar-refractivity contribution in [2.45, 2.75) is 50.1 Å². The Kier molecular flexibility index (Phi) is 5.69. The number of rotatable bonds is 4. The van der Waals surface area contributed by atoms with Crippen LogP contribution in [0.5, 0.6) is 0 Å². The molecule has 0 aromatic rings. The lowest BCUT2D eigenvalue weighted by molar-refractivity contribution is 0.139. The van der Waals surface area contributed by atoms with E-state index in [-0.39, 0.29) is 0 Å². The minimum atomic E-state index is -1.22. The third kappa shape index (κ3) is 5.36. The van der Waals surface area contributed by atoms with Crippen molar-refractivity contribution < 1.29 is 8.53 Å². The maximum absolute atomic E-state index is 6.03. The first-order valence-electron chi connectivity index (χ1n) is 5.30. The predicted octanol–water partition coefficient (Wildman–Crippen LogP) is 3.24. The zero-order valence-corrected chi connectivity index (χ0v) is 12.0. The van der Waals surface area contributed by atoms with Gasteiger partial charge in [-0.1, -0.05) is 50.1 Å². The summed E-state index contributed by atoms with van der Waals surface area (Å²) >= 11 is -1.22. The van der Waals surface area contributed by atoms with Crippen LogP contribution in [0.1, 0.15) is 41.5 Å². The SMILES string of the molecule is COCC[O][Al]([C](C)(C)C)[C](C)(C)C. The molecular weight excluding hydrogens is 191 g/mol. The summed E-state index contributed by atoms with van der Waals surface area (Å²) in [6, 6.07) is 0. The molecule has 0 saturated carbocycles. The fraction of sp³-hybridized carbons (Fsp3) is 1.00. The Morgan fingerprint density at radius 1 is 0.857 bits per heavy atom. The van der Waals surface area contributed by atoms with Crippen LogP contribution in [-0.2, 0) is 8.53 Å². The Morgan fingerprint density at radius 2 is 1.29 bits per heavy atom. The average molecular weight is 216 g/mol. The number of methoxy groups -OCH3 is 1. The van der Waals surface area contributed by atoms with Gasteiger partial charge in [-0.2, -0.15) is 0 Å². The summed E-state index contributed by atoms with van der Waals surface area (Å²) in [6.45, 7) is 15.1. The molecule has 84 valence electrons. The van der Waals surface area contributed by atoms with E-state index in [2.05, 4.69) is 41.5 Å². The van der Waals surface area contributed by atoms with Gasteiger partial charge in [-0.15, -0.1) is 0 Å². The Balaban J connectivity index is 4.28. The summed E-state index contributed by atoms with van der Waals surface area (Å²) < 4.78 is 11.7. The fourth-order valence-electron chi connectivity index (χ4n) is 2.05. The van der Waals surface area contributed by atoms with Crippen molar-refractivity contribution in [1.29, 1.82) is 0 Å². The summed E-state index contributed by atoms with van der Waals surface area (Å²) in [5, 5.41) is 0. The monoisotopic (exact) mass is 216 g/mol. The van der Waals surface area contributed by atoms with Gasteiger partial charge in [-0.05, 0) is 0 Å². The van der Waals surface area contributed by atoms with Gasteiger partial charge in [-0.3, -0.25) is 0 Å². The molecule has 0 radical (unpaired) electrons. The van der Waals surface area contributed by atoms with E-state index in [0.29, 0.717) is 15.2 Å². The first kappa shape index (κ1) is 14.5. The minimum absolute atomic E-state index is 0.311. The lowest BCUT2D eigenvalue weighted by Gasteiger charge is -2.34. The van der Waals surface area contributed by atoms with Crippen molar-refractivity contribution in [2.24, 2.45) is 0 Å². The minimum Gasteiger partial charge on any atom is -0.498 e. The van der Waals surface area contributed by atoms with E-state index in [1.165, 1.54) is 0 Å². The maximum Gasteiger partial charge on any atom is 0.472 e. The largest absolute Gasteiger partial charge is 0.498 e. The highest BCUT2D eigenvalue weighted by molar-refractivity contribution is 6.58. The van der Waals surface area contributed by atoms with Gasteiger partial charge in [0.25, 0.3) is 0 Å². The third-order valence-corrected chi connectivity index (χ3v) is 5.86. The first-order valence-corrected chi connectivity index (χ1v) is 6.92. The van der Waals surface area contributed by atoms with Crippen LogP contribution in [0.2, 0.25) is 8.55 Å². The van der Waals surface area contributed by atoms with Crippen molar-refractivity contribution >= 4 is 14.5 Å². The Labute approximate surface area is 93.7 Å². The number of hydrogen-bond acceptors (Lipinski definition) is 2. The topological polar surface area (TPSA) is 18.5 Å². The van der Waals surface area contributed by atoms with E-state index in [4.69, 9.17) is 8.53 Å². The molecule has 0 rings (SSSR count). The van der Waals surface area contributed by atoms with Gasteiger partial charge in [0.2, 0.25) is 0 Å². The quantitative estimate of drug-likeness (QED) is 0.530. The van der Waals surface area contributed by atoms with Gasteiger partial charge in [0.05, 0.1) is 6.61 Å². The molecule has 0 N–H and O–H groups in total. The summed E-state index contributed by atoms with van der Waals surface area (Å²) in [7, 11) is 1.72. The summed E-state index contributed by atoms with van der Waals surface area (Å²) in [4.78, 5) is 0. The fourth-order valence-corrected chi connectivity index (χ4v) is 5.98. The van der Waals surface area contributed by atoms with Crippen LogP contribution < -0.4 is 0 Å². The zero-order chi connectivity index (χ0) is 11.4. The summed E-state index contributed by atoms with van der Waals surface area (Å²) in [6.07, 6.45) is 0. The van der Waals surface area contributed by atoms with Crippen LogP contribution in [0.15, 0.2) is 0 Å². The Bertz CT molecular complexity index is 142. The summed E-state index contributed by atoms with van der Waals surface area (Å²) in [5.74, 6) is 0. The van der Waals surface area contributed by atoms with E-state index in [9.17, 15) is 0 Å². The molecule has 14 heavy (non-hydrogen) atoms. The second-order valence-electron chi connectivity index (χ2n) is 5.98. The Hall–Kier alpha value is 0.452. The second-order valence-corrected chi connectivity index (χ2v) is 10.5. The molecule has 3 heteroatoms. The molecule has 0 aromatic heterocycles. The summed E-state index contributed by atoms with van der Waals surface area (Å²) in [5.41, 5.74) is 0. The van der Waals surface area contributed by atoms with Crippen molar-refractivity contribution in [3.8, 4) is 0 Å². The van der Waals surface area contributed by atoms with Gasteiger partial charge in [0.15, 0.2) is 0 Å². The third-order valence-electron chi connectivity index (χ3n) is 2.15. The van der Waals surface area contributed by atoms with Gasteiger partial charge in [0.1, 0.15) is 0 Å².